The van der Waals surface area contributed by atoms with E-state index < -0.39 is 11.9 Å². The molecule has 1 unspecified atom stereocenters. The molecule has 4 heteroatoms. The van der Waals surface area contributed by atoms with Crippen LogP contribution in [0.1, 0.15) is 23.5 Å². The number of aryl methyl sites for hydroxylation is 1. The molecule has 1 aromatic heterocycles. The molecule has 3 nitrogen and oxygen atoms in total. The van der Waals surface area contributed by atoms with Crippen molar-refractivity contribution in [3.8, 4) is 0 Å². The average Bonchev–Trinajstić information content (AvgIpc) is 2.40. The molecule has 1 N–H and O–H groups in total. The number of halogens is 1. The molecule has 0 radical (unpaired) electrons. The Bertz CT molecular complexity index is 557. The van der Waals surface area contributed by atoms with Crippen LogP contribution in [-0.4, -0.2) is 16.1 Å². The lowest BCUT2D eigenvalue weighted by molar-refractivity contribution is -0.138. The Balaban J connectivity index is 2.08. The van der Waals surface area contributed by atoms with Crippen LogP contribution in [0.3, 0.4) is 0 Å². The lowest BCUT2D eigenvalue weighted by Gasteiger charge is -2.12. The largest absolute Gasteiger partial charge is 0.481 e. The predicted molar refractivity (Wildman–Crippen MR) is 74.4 cm³/mol. The Kier molecular flexibility index (Phi) is 4.53. The number of rotatable bonds is 5. The maximum atomic E-state index is 11.3. The van der Waals surface area contributed by atoms with E-state index in [0.717, 1.165) is 11.1 Å². The van der Waals surface area contributed by atoms with E-state index in [1.54, 1.807) is 30.6 Å². The quantitative estimate of drug-likeness (QED) is 0.908. The fraction of sp³-hybridized carbons (Fsp3) is 0.200. The number of hydrogen-bond acceptors (Lipinski definition) is 2. The summed E-state index contributed by atoms with van der Waals surface area (Å²) >= 11 is 5.91. The lowest BCUT2D eigenvalue weighted by Crippen LogP contribution is -2.12. The zero-order chi connectivity index (χ0) is 13.7. The molecule has 19 heavy (non-hydrogen) atoms. The highest BCUT2D eigenvalue weighted by Crippen LogP contribution is 2.22. The van der Waals surface area contributed by atoms with Gasteiger partial charge in [-0.3, -0.25) is 9.78 Å². The molecule has 0 aliphatic carbocycles. The van der Waals surface area contributed by atoms with Gasteiger partial charge < -0.3 is 5.11 Å². The van der Waals surface area contributed by atoms with Gasteiger partial charge in [-0.1, -0.05) is 29.8 Å². The van der Waals surface area contributed by atoms with Gasteiger partial charge >= 0.3 is 5.97 Å². The third-order valence-electron chi connectivity index (χ3n) is 3.00. The van der Waals surface area contributed by atoms with Crippen molar-refractivity contribution in [1.82, 2.24) is 4.98 Å². The fourth-order valence-corrected chi connectivity index (χ4v) is 2.23. The SMILES string of the molecule is O=C(O)C(CCc1cccc(Cl)c1)c1cccnc1. The fourth-order valence-electron chi connectivity index (χ4n) is 2.02. The normalized spacial score (nSPS) is 12.1. The molecular formula is C15H14ClNO2. The summed E-state index contributed by atoms with van der Waals surface area (Å²) in [5.74, 6) is -1.36. The van der Waals surface area contributed by atoms with Crippen LogP contribution >= 0.6 is 11.6 Å². The van der Waals surface area contributed by atoms with Gasteiger partial charge in [0, 0.05) is 17.4 Å². The number of carboxylic acid groups (broad SMARTS) is 1. The third-order valence-corrected chi connectivity index (χ3v) is 3.23. The molecule has 2 aromatic rings. The number of hydrogen-bond donors (Lipinski definition) is 1. The number of carbonyl (C=O) groups is 1. The van der Waals surface area contributed by atoms with Gasteiger partial charge in [0.2, 0.25) is 0 Å². The first-order chi connectivity index (χ1) is 9.16. The molecule has 0 spiro atoms. The number of nitrogens with zero attached hydrogens (tertiary/aromatic N) is 1. The highest BCUT2D eigenvalue weighted by atomic mass is 35.5. The molecule has 1 heterocycles. The second-order valence-corrected chi connectivity index (χ2v) is 4.78. The van der Waals surface area contributed by atoms with Crippen molar-refractivity contribution in [2.24, 2.45) is 0 Å². The number of benzene rings is 1. The van der Waals surface area contributed by atoms with Crippen molar-refractivity contribution in [3.05, 3.63) is 64.9 Å². The van der Waals surface area contributed by atoms with Gasteiger partial charge in [0.05, 0.1) is 5.92 Å². The minimum Gasteiger partial charge on any atom is -0.481 e. The molecule has 0 aliphatic heterocycles. The lowest BCUT2D eigenvalue weighted by atomic mass is 9.93. The van der Waals surface area contributed by atoms with E-state index in [4.69, 9.17) is 11.6 Å². The van der Waals surface area contributed by atoms with Crippen molar-refractivity contribution in [2.75, 3.05) is 0 Å². The highest BCUT2D eigenvalue weighted by molar-refractivity contribution is 6.30. The molecule has 0 saturated carbocycles. The van der Waals surface area contributed by atoms with Crippen molar-refractivity contribution in [3.63, 3.8) is 0 Å². The van der Waals surface area contributed by atoms with Gasteiger partial charge in [0.25, 0.3) is 0 Å². The van der Waals surface area contributed by atoms with Gasteiger partial charge in [0.15, 0.2) is 0 Å². The van der Waals surface area contributed by atoms with Gasteiger partial charge in [-0.05, 0) is 42.2 Å². The van der Waals surface area contributed by atoms with Crippen LogP contribution in [0, 0.1) is 0 Å². The van der Waals surface area contributed by atoms with Gasteiger partial charge in [-0.2, -0.15) is 0 Å². The molecule has 0 amide bonds. The molecule has 1 atom stereocenters. The summed E-state index contributed by atoms with van der Waals surface area (Å²) in [6.07, 6.45) is 4.45. The van der Waals surface area contributed by atoms with Gasteiger partial charge in [0.1, 0.15) is 0 Å². The molecule has 98 valence electrons. The molecule has 0 bridgehead atoms. The van der Waals surface area contributed by atoms with E-state index in [-0.39, 0.29) is 0 Å². The smallest absolute Gasteiger partial charge is 0.311 e. The second kappa shape index (κ2) is 6.34. The molecule has 0 saturated heterocycles. The van der Waals surface area contributed by atoms with Crippen LogP contribution in [0.2, 0.25) is 5.02 Å². The van der Waals surface area contributed by atoms with E-state index in [0.29, 0.717) is 17.9 Å². The predicted octanol–water partition coefficient (Wildman–Crippen LogP) is 3.54. The molecular weight excluding hydrogens is 262 g/mol. The molecule has 2 rings (SSSR count). The Morgan fingerprint density at radius 1 is 1.32 bits per heavy atom. The maximum Gasteiger partial charge on any atom is 0.311 e. The van der Waals surface area contributed by atoms with E-state index in [2.05, 4.69) is 4.98 Å². The van der Waals surface area contributed by atoms with Crippen molar-refractivity contribution in [2.45, 2.75) is 18.8 Å². The van der Waals surface area contributed by atoms with E-state index in [1.165, 1.54) is 0 Å². The van der Waals surface area contributed by atoms with Crippen molar-refractivity contribution < 1.29 is 9.90 Å². The summed E-state index contributed by atoms with van der Waals surface area (Å²) in [5, 5.41) is 9.98. The number of carboxylic acids is 1. The standard InChI is InChI=1S/C15H14ClNO2/c16-13-5-1-3-11(9-13)6-7-14(15(18)19)12-4-2-8-17-10-12/h1-5,8-10,14H,6-7H2,(H,18,19). The first kappa shape index (κ1) is 13.6. The van der Waals surface area contributed by atoms with Crippen LogP contribution in [0.25, 0.3) is 0 Å². The van der Waals surface area contributed by atoms with Crippen LogP contribution in [-0.2, 0) is 11.2 Å². The van der Waals surface area contributed by atoms with Crippen LogP contribution in [0.5, 0.6) is 0 Å². The zero-order valence-electron chi connectivity index (χ0n) is 10.3. The summed E-state index contributed by atoms with van der Waals surface area (Å²) < 4.78 is 0. The Labute approximate surface area is 116 Å². The highest BCUT2D eigenvalue weighted by Gasteiger charge is 2.19. The summed E-state index contributed by atoms with van der Waals surface area (Å²) in [5.41, 5.74) is 1.78. The van der Waals surface area contributed by atoms with Crippen LogP contribution < -0.4 is 0 Å². The molecule has 1 aromatic carbocycles. The Hall–Kier alpha value is -1.87. The minimum atomic E-state index is -0.824. The van der Waals surface area contributed by atoms with Crippen molar-refractivity contribution in [1.29, 1.82) is 0 Å². The van der Waals surface area contributed by atoms with Crippen LogP contribution in [0.15, 0.2) is 48.8 Å². The van der Waals surface area contributed by atoms with E-state index >= 15 is 0 Å². The maximum absolute atomic E-state index is 11.3. The summed E-state index contributed by atoms with van der Waals surface area (Å²) in [6, 6.07) is 11.0. The van der Waals surface area contributed by atoms with Crippen molar-refractivity contribution >= 4 is 17.6 Å². The summed E-state index contributed by atoms with van der Waals surface area (Å²) in [4.78, 5) is 15.3. The number of pyridine rings is 1. The average molecular weight is 276 g/mol. The Morgan fingerprint density at radius 2 is 2.16 bits per heavy atom. The summed E-state index contributed by atoms with van der Waals surface area (Å²) in [7, 11) is 0. The number of aliphatic carboxylic acids is 1. The first-order valence-electron chi connectivity index (χ1n) is 6.04. The van der Waals surface area contributed by atoms with Gasteiger partial charge in [-0.15, -0.1) is 0 Å². The second-order valence-electron chi connectivity index (χ2n) is 4.35. The summed E-state index contributed by atoms with van der Waals surface area (Å²) in [6.45, 7) is 0. The molecule has 0 fully saturated rings. The zero-order valence-corrected chi connectivity index (χ0v) is 11.0. The minimum absolute atomic E-state index is 0.529. The van der Waals surface area contributed by atoms with Gasteiger partial charge in [-0.25, -0.2) is 0 Å². The van der Waals surface area contributed by atoms with Crippen LogP contribution in [0.4, 0.5) is 0 Å². The number of aromatic nitrogens is 1. The first-order valence-corrected chi connectivity index (χ1v) is 6.42. The van der Waals surface area contributed by atoms with E-state index in [9.17, 15) is 9.90 Å². The Morgan fingerprint density at radius 3 is 2.79 bits per heavy atom. The third kappa shape index (κ3) is 3.80. The van der Waals surface area contributed by atoms with E-state index in [1.807, 2.05) is 18.2 Å². The molecule has 0 aliphatic rings. The monoisotopic (exact) mass is 275 g/mol. The topological polar surface area (TPSA) is 50.2 Å².